The largest absolute Gasteiger partial charge is 0.327 e. The second kappa shape index (κ2) is 5.84. The van der Waals surface area contributed by atoms with E-state index in [1.807, 2.05) is 19.1 Å². The molecule has 2 aromatic rings. The molecule has 2 aromatic carbocycles. The Labute approximate surface area is 145 Å². The smallest absolute Gasteiger partial charge is 0.265 e. The van der Waals surface area contributed by atoms with Gasteiger partial charge in [-0.2, -0.15) is 0 Å². The molecule has 0 bridgehead atoms. The number of hydrogen-bond acceptors (Lipinski definition) is 3. The molecule has 5 heteroatoms. The Bertz CT molecular complexity index is 890. The number of imide groups is 1. The summed E-state index contributed by atoms with van der Waals surface area (Å²) in [4.78, 5) is 42.1. The molecule has 0 radical (unpaired) electrons. The van der Waals surface area contributed by atoms with Crippen LogP contribution in [-0.4, -0.2) is 35.2 Å². The van der Waals surface area contributed by atoms with E-state index >= 15 is 0 Å². The van der Waals surface area contributed by atoms with Crippen LogP contribution in [0.1, 0.15) is 39.1 Å². The Morgan fingerprint density at radius 1 is 1.04 bits per heavy atom. The van der Waals surface area contributed by atoms with Gasteiger partial charge in [-0.1, -0.05) is 30.3 Å². The van der Waals surface area contributed by atoms with Crippen LogP contribution in [0.15, 0.2) is 48.5 Å². The molecule has 0 saturated carbocycles. The highest BCUT2D eigenvalue weighted by molar-refractivity contribution is 6.26. The lowest BCUT2D eigenvalue weighted by Crippen LogP contribution is -2.47. The Balaban J connectivity index is 1.89. The molecule has 25 heavy (non-hydrogen) atoms. The number of amides is 3. The van der Waals surface area contributed by atoms with Crippen LogP contribution in [-0.2, 0) is 4.79 Å². The van der Waals surface area contributed by atoms with Gasteiger partial charge in [-0.15, -0.1) is 0 Å². The zero-order chi connectivity index (χ0) is 17.6. The van der Waals surface area contributed by atoms with Crippen molar-refractivity contribution in [2.75, 3.05) is 11.4 Å². The maximum absolute atomic E-state index is 13.2. The van der Waals surface area contributed by atoms with Crippen LogP contribution in [0.2, 0.25) is 0 Å². The number of anilines is 1. The number of fused-ring (bicyclic) bond motifs is 2. The van der Waals surface area contributed by atoms with Gasteiger partial charge in [0.2, 0.25) is 0 Å². The minimum Gasteiger partial charge on any atom is -0.327 e. The Hall–Kier alpha value is -2.95. The SMILES string of the molecule is Cc1ccccc1C(=O)N1C(=O)[C@H]2CCCN2C(=O)c2ccccc21. The number of hydrogen-bond donors (Lipinski definition) is 0. The lowest BCUT2D eigenvalue weighted by atomic mass is 10.1. The highest BCUT2D eigenvalue weighted by Gasteiger charge is 2.44. The van der Waals surface area contributed by atoms with Gasteiger partial charge >= 0.3 is 0 Å². The van der Waals surface area contributed by atoms with Crippen molar-refractivity contribution >= 4 is 23.4 Å². The number of benzene rings is 2. The first-order valence-corrected chi connectivity index (χ1v) is 8.43. The molecule has 0 N–H and O–H groups in total. The number of para-hydroxylation sites is 1. The van der Waals surface area contributed by atoms with Gasteiger partial charge in [-0.25, -0.2) is 4.90 Å². The molecule has 3 amide bonds. The number of rotatable bonds is 1. The first-order chi connectivity index (χ1) is 12.1. The fourth-order valence-electron chi connectivity index (χ4n) is 3.68. The zero-order valence-electron chi connectivity index (χ0n) is 13.9. The topological polar surface area (TPSA) is 57.7 Å². The van der Waals surface area contributed by atoms with Crippen LogP contribution in [0.3, 0.4) is 0 Å². The average molecular weight is 334 g/mol. The molecule has 2 heterocycles. The third-order valence-corrected chi connectivity index (χ3v) is 4.97. The standard InChI is InChI=1S/C20H18N2O3/c1-13-7-2-3-8-14(13)19(24)22-16-10-5-4-9-15(16)18(23)21-12-6-11-17(21)20(22)25/h2-5,7-10,17H,6,11-12H2,1H3/t17-/m1/s1. The fraction of sp³-hybridized carbons (Fsp3) is 0.250. The predicted molar refractivity (Wildman–Crippen MR) is 93.5 cm³/mol. The molecule has 0 aromatic heterocycles. The lowest BCUT2D eigenvalue weighted by Gasteiger charge is -2.25. The maximum atomic E-state index is 13.2. The molecule has 0 spiro atoms. The third kappa shape index (κ3) is 2.35. The molecule has 2 aliphatic rings. The number of carbonyl (C=O) groups excluding carboxylic acids is 3. The lowest BCUT2D eigenvalue weighted by molar-refractivity contribution is -0.121. The molecular weight excluding hydrogens is 316 g/mol. The summed E-state index contributed by atoms with van der Waals surface area (Å²) < 4.78 is 0. The van der Waals surface area contributed by atoms with Crippen LogP contribution in [0.4, 0.5) is 5.69 Å². The summed E-state index contributed by atoms with van der Waals surface area (Å²) in [5, 5.41) is 0. The van der Waals surface area contributed by atoms with Gasteiger partial charge in [0.1, 0.15) is 6.04 Å². The molecular formula is C20H18N2O3. The zero-order valence-corrected chi connectivity index (χ0v) is 13.9. The van der Waals surface area contributed by atoms with E-state index in [1.165, 1.54) is 4.90 Å². The summed E-state index contributed by atoms with van der Waals surface area (Å²) in [6.07, 6.45) is 1.37. The normalized spacial score (nSPS) is 19.5. The van der Waals surface area contributed by atoms with Crippen LogP contribution < -0.4 is 4.90 Å². The second-order valence-corrected chi connectivity index (χ2v) is 6.47. The molecule has 1 atom stereocenters. The summed E-state index contributed by atoms with van der Waals surface area (Å²) >= 11 is 0. The monoisotopic (exact) mass is 334 g/mol. The van der Waals surface area contributed by atoms with E-state index < -0.39 is 6.04 Å². The van der Waals surface area contributed by atoms with Crippen LogP contribution in [0.25, 0.3) is 0 Å². The van der Waals surface area contributed by atoms with Crippen molar-refractivity contribution in [3.8, 4) is 0 Å². The highest BCUT2D eigenvalue weighted by Crippen LogP contribution is 2.33. The van der Waals surface area contributed by atoms with E-state index in [9.17, 15) is 14.4 Å². The average Bonchev–Trinajstić information content (AvgIpc) is 3.09. The van der Waals surface area contributed by atoms with Crippen molar-refractivity contribution in [1.82, 2.24) is 4.90 Å². The number of nitrogens with zero attached hydrogens (tertiary/aromatic N) is 2. The molecule has 1 saturated heterocycles. The molecule has 126 valence electrons. The van der Waals surface area contributed by atoms with Crippen molar-refractivity contribution < 1.29 is 14.4 Å². The van der Waals surface area contributed by atoms with E-state index in [2.05, 4.69) is 0 Å². The van der Waals surface area contributed by atoms with Gasteiger partial charge in [-0.05, 0) is 43.5 Å². The maximum Gasteiger partial charge on any atom is 0.265 e. The van der Waals surface area contributed by atoms with Gasteiger partial charge in [0.15, 0.2) is 0 Å². The molecule has 4 rings (SSSR count). The minimum absolute atomic E-state index is 0.175. The van der Waals surface area contributed by atoms with E-state index in [0.717, 1.165) is 12.0 Å². The second-order valence-electron chi connectivity index (χ2n) is 6.47. The Kier molecular flexibility index (Phi) is 3.64. The number of carbonyl (C=O) groups is 3. The summed E-state index contributed by atoms with van der Waals surface area (Å²) in [5.74, 6) is -0.868. The van der Waals surface area contributed by atoms with Crippen molar-refractivity contribution in [3.05, 3.63) is 65.2 Å². The predicted octanol–water partition coefficient (Wildman–Crippen LogP) is 2.79. The van der Waals surface area contributed by atoms with Gasteiger partial charge in [-0.3, -0.25) is 14.4 Å². The van der Waals surface area contributed by atoms with E-state index in [1.54, 1.807) is 41.3 Å². The molecule has 0 unspecified atom stereocenters. The minimum atomic E-state index is -0.562. The van der Waals surface area contributed by atoms with Crippen molar-refractivity contribution in [1.29, 1.82) is 0 Å². The third-order valence-electron chi connectivity index (χ3n) is 4.97. The van der Waals surface area contributed by atoms with Gasteiger partial charge in [0, 0.05) is 12.1 Å². The summed E-state index contributed by atoms with van der Waals surface area (Å²) in [5.41, 5.74) is 2.06. The van der Waals surface area contributed by atoms with Crippen LogP contribution >= 0.6 is 0 Å². The Morgan fingerprint density at radius 2 is 1.76 bits per heavy atom. The van der Waals surface area contributed by atoms with E-state index in [0.29, 0.717) is 29.8 Å². The van der Waals surface area contributed by atoms with Gasteiger partial charge < -0.3 is 4.90 Å². The molecule has 0 aliphatic carbocycles. The number of aryl methyl sites for hydroxylation is 1. The first-order valence-electron chi connectivity index (χ1n) is 8.43. The van der Waals surface area contributed by atoms with Crippen molar-refractivity contribution in [2.24, 2.45) is 0 Å². The van der Waals surface area contributed by atoms with Gasteiger partial charge in [0.05, 0.1) is 11.3 Å². The van der Waals surface area contributed by atoms with Crippen LogP contribution in [0, 0.1) is 6.92 Å². The van der Waals surface area contributed by atoms with Crippen molar-refractivity contribution in [2.45, 2.75) is 25.8 Å². The van der Waals surface area contributed by atoms with Crippen LogP contribution in [0.5, 0.6) is 0 Å². The fourth-order valence-corrected chi connectivity index (χ4v) is 3.68. The first kappa shape index (κ1) is 15.6. The van der Waals surface area contributed by atoms with Crippen molar-refractivity contribution in [3.63, 3.8) is 0 Å². The summed E-state index contributed by atoms with van der Waals surface area (Å²) in [6.45, 7) is 2.39. The van der Waals surface area contributed by atoms with Gasteiger partial charge in [0.25, 0.3) is 17.7 Å². The summed E-state index contributed by atoms with van der Waals surface area (Å²) in [7, 11) is 0. The Morgan fingerprint density at radius 3 is 2.56 bits per heavy atom. The summed E-state index contributed by atoms with van der Waals surface area (Å²) in [6, 6.07) is 13.5. The highest BCUT2D eigenvalue weighted by atomic mass is 16.2. The molecule has 5 nitrogen and oxygen atoms in total. The van der Waals surface area contributed by atoms with E-state index in [4.69, 9.17) is 0 Å². The van der Waals surface area contributed by atoms with E-state index in [-0.39, 0.29) is 17.7 Å². The quantitative estimate of drug-likeness (QED) is 0.754. The molecule has 1 fully saturated rings. The molecule has 2 aliphatic heterocycles.